The molecule has 0 saturated carbocycles. The molecule has 0 bridgehead atoms. The number of para-hydroxylation sites is 1. The van der Waals surface area contributed by atoms with E-state index in [0.29, 0.717) is 28.6 Å². The van der Waals surface area contributed by atoms with E-state index in [1.165, 1.54) is 0 Å². The zero-order chi connectivity index (χ0) is 17.7. The number of nitrogens with zero attached hydrogens (tertiary/aromatic N) is 2. The molecule has 2 amide bonds. The predicted molar refractivity (Wildman–Crippen MR) is 93.5 cm³/mol. The molecule has 2 N–H and O–H groups in total. The number of carbonyl (C=O) groups excluding carboxylic acids is 2. The van der Waals surface area contributed by atoms with E-state index in [1.54, 1.807) is 38.1 Å². The van der Waals surface area contributed by atoms with Crippen LogP contribution in [0.25, 0.3) is 0 Å². The molecule has 7 heteroatoms. The summed E-state index contributed by atoms with van der Waals surface area (Å²) in [6, 6.07) is 6.85. The Morgan fingerprint density at radius 3 is 2.21 bits per heavy atom. The number of hydrogen-bond acceptors (Lipinski definition) is 4. The van der Waals surface area contributed by atoms with Gasteiger partial charge in [-0.3, -0.25) is 9.59 Å². The van der Waals surface area contributed by atoms with E-state index in [2.05, 4.69) is 20.6 Å². The molecule has 0 unspecified atom stereocenters. The lowest BCUT2D eigenvalue weighted by Crippen LogP contribution is -2.30. The molecule has 0 atom stereocenters. The lowest BCUT2D eigenvalue weighted by molar-refractivity contribution is 0.0933. The average Bonchev–Trinajstić information content (AvgIpc) is 2.56. The zero-order valence-corrected chi connectivity index (χ0v) is 14.6. The quantitative estimate of drug-likeness (QED) is 0.871. The van der Waals surface area contributed by atoms with Crippen molar-refractivity contribution in [2.45, 2.75) is 27.2 Å². The number of anilines is 1. The van der Waals surface area contributed by atoms with E-state index < -0.39 is 11.8 Å². The van der Waals surface area contributed by atoms with Crippen molar-refractivity contribution in [1.29, 1.82) is 0 Å². The number of aromatic nitrogens is 2. The summed E-state index contributed by atoms with van der Waals surface area (Å²) in [5.41, 5.74) is 1.63. The van der Waals surface area contributed by atoms with Crippen molar-refractivity contribution in [3.05, 3.63) is 52.1 Å². The SMILES string of the molecule is CCCNC(=O)c1nc(C)c(C)nc1C(=O)Nc1ccccc1Cl. The molecule has 1 aromatic heterocycles. The summed E-state index contributed by atoms with van der Waals surface area (Å²) >= 11 is 6.05. The van der Waals surface area contributed by atoms with Crippen LogP contribution in [0.4, 0.5) is 5.69 Å². The Morgan fingerprint density at radius 1 is 1.04 bits per heavy atom. The van der Waals surface area contributed by atoms with Crippen LogP contribution >= 0.6 is 11.6 Å². The van der Waals surface area contributed by atoms with Crippen LogP contribution in [0.3, 0.4) is 0 Å². The van der Waals surface area contributed by atoms with E-state index in [0.717, 1.165) is 6.42 Å². The van der Waals surface area contributed by atoms with Crippen molar-refractivity contribution in [1.82, 2.24) is 15.3 Å². The molecule has 0 fully saturated rings. The molecule has 2 aromatic rings. The Hall–Kier alpha value is -2.47. The van der Waals surface area contributed by atoms with E-state index in [-0.39, 0.29) is 11.4 Å². The lowest BCUT2D eigenvalue weighted by atomic mass is 10.2. The summed E-state index contributed by atoms with van der Waals surface area (Å²) in [6.45, 7) is 5.92. The van der Waals surface area contributed by atoms with E-state index >= 15 is 0 Å². The molecular weight excluding hydrogens is 328 g/mol. The van der Waals surface area contributed by atoms with Crippen molar-refractivity contribution in [3.8, 4) is 0 Å². The van der Waals surface area contributed by atoms with E-state index in [1.807, 2.05) is 6.92 Å². The number of carbonyl (C=O) groups is 2. The first kappa shape index (κ1) is 17.9. The van der Waals surface area contributed by atoms with Crippen molar-refractivity contribution in [2.75, 3.05) is 11.9 Å². The number of benzene rings is 1. The molecule has 24 heavy (non-hydrogen) atoms. The molecule has 2 rings (SSSR count). The second kappa shape index (κ2) is 7.88. The van der Waals surface area contributed by atoms with Gasteiger partial charge in [0.2, 0.25) is 0 Å². The fraction of sp³-hybridized carbons (Fsp3) is 0.294. The molecular formula is C17H19ClN4O2. The Balaban J connectivity index is 2.37. The van der Waals surface area contributed by atoms with Gasteiger partial charge in [-0.15, -0.1) is 0 Å². The molecule has 1 aromatic carbocycles. The fourth-order valence-electron chi connectivity index (χ4n) is 1.99. The highest BCUT2D eigenvalue weighted by Gasteiger charge is 2.22. The van der Waals surface area contributed by atoms with Gasteiger partial charge in [-0.25, -0.2) is 9.97 Å². The van der Waals surface area contributed by atoms with Crippen molar-refractivity contribution in [2.24, 2.45) is 0 Å². The maximum Gasteiger partial charge on any atom is 0.276 e. The summed E-state index contributed by atoms with van der Waals surface area (Å²) in [5, 5.41) is 5.79. The van der Waals surface area contributed by atoms with Gasteiger partial charge in [0, 0.05) is 6.54 Å². The first-order valence-corrected chi connectivity index (χ1v) is 8.01. The molecule has 0 aliphatic carbocycles. The number of hydrogen-bond donors (Lipinski definition) is 2. The third-order valence-electron chi connectivity index (χ3n) is 3.39. The van der Waals surface area contributed by atoms with Gasteiger partial charge in [-0.1, -0.05) is 30.7 Å². The fourth-order valence-corrected chi connectivity index (χ4v) is 2.17. The van der Waals surface area contributed by atoms with Crippen LogP contribution in [0.2, 0.25) is 5.02 Å². The summed E-state index contributed by atoms with van der Waals surface area (Å²) in [4.78, 5) is 33.4. The summed E-state index contributed by atoms with van der Waals surface area (Å²) in [7, 11) is 0. The van der Waals surface area contributed by atoms with Crippen molar-refractivity contribution >= 4 is 29.1 Å². The molecule has 1 heterocycles. The van der Waals surface area contributed by atoms with Gasteiger partial charge in [0.15, 0.2) is 11.4 Å². The van der Waals surface area contributed by atoms with Crippen LogP contribution in [-0.2, 0) is 0 Å². The van der Waals surface area contributed by atoms with Gasteiger partial charge in [-0.05, 0) is 32.4 Å². The standard InChI is InChI=1S/C17H19ClN4O2/c1-4-9-19-16(23)14-15(21-11(3)10(2)20-14)17(24)22-13-8-6-5-7-12(13)18/h5-8H,4,9H2,1-3H3,(H,19,23)(H,22,24). The maximum absolute atomic E-state index is 12.6. The van der Waals surface area contributed by atoms with Crippen LogP contribution in [-0.4, -0.2) is 28.3 Å². The van der Waals surface area contributed by atoms with Crippen LogP contribution in [0.1, 0.15) is 45.7 Å². The van der Waals surface area contributed by atoms with Gasteiger partial charge in [0.1, 0.15) is 0 Å². The number of amides is 2. The normalized spacial score (nSPS) is 10.3. The highest BCUT2D eigenvalue weighted by atomic mass is 35.5. The molecule has 0 radical (unpaired) electrons. The smallest absolute Gasteiger partial charge is 0.276 e. The van der Waals surface area contributed by atoms with Crippen LogP contribution < -0.4 is 10.6 Å². The highest BCUT2D eigenvalue weighted by Crippen LogP contribution is 2.21. The number of aryl methyl sites for hydroxylation is 2. The first-order valence-electron chi connectivity index (χ1n) is 7.63. The minimum absolute atomic E-state index is 0.0103. The van der Waals surface area contributed by atoms with Crippen molar-refractivity contribution < 1.29 is 9.59 Å². The summed E-state index contributed by atoms with van der Waals surface area (Å²) in [5.74, 6) is -0.947. The zero-order valence-electron chi connectivity index (χ0n) is 13.8. The van der Waals surface area contributed by atoms with E-state index in [4.69, 9.17) is 11.6 Å². The summed E-state index contributed by atoms with van der Waals surface area (Å²) < 4.78 is 0. The minimum Gasteiger partial charge on any atom is -0.351 e. The van der Waals surface area contributed by atoms with Gasteiger partial charge in [-0.2, -0.15) is 0 Å². The average molecular weight is 347 g/mol. The highest BCUT2D eigenvalue weighted by molar-refractivity contribution is 6.34. The van der Waals surface area contributed by atoms with E-state index in [9.17, 15) is 9.59 Å². The number of rotatable bonds is 5. The molecule has 126 valence electrons. The van der Waals surface area contributed by atoms with Gasteiger partial charge >= 0.3 is 0 Å². The Labute approximate surface area is 145 Å². The largest absolute Gasteiger partial charge is 0.351 e. The molecule has 6 nitrogen and oxygen atoms in total. The third kappa shape index (κ3) is 4.08. The first-order chi connectivity index (χ1) is 11.4. The molecule has 0 aliphatic heterocycles. The Kier molecular flexibility index (Phi) is 5.87. The van der Waals surface area contributed by atoms with Crippen LogP contribution in [0.15, 0.2) is 24.3 Å². The van der Waals surface area contributed by atoms with Gasteiger partial charge in [0.05, 0.1) is 22.1 Å². The molecule has 0 saturated heterocycles. The summed E-state index contributed by atoms with van der Waals surface area (Å²) in [6.07, 6.45) is 0.783. The van der Waals surface area contributed by atoms with Crippen LogP contribution in [0, 0.1) is 13.8 Å². The topological polar surface area (TPSA) is 84.0 Å². The second-order valence-electron chi connectivity index (χ2n) is 5.28. The Bertz CT molecular complexity index is 777. The maximum atomic E-state index is 12.6. The van der Waals surface area contributed by atoms with Gasteiger partial charge < -0.3 is 10.6 Å². The second-order valence-corrected chi connectivity index (χ2v) is 5.69. The lowest BCUT2D eigenvalue weighted by Gasteiger charge is -2.12. The number of nitrogens with one attached hydrogen (secondary N) is 2. The predicted octanol–water partition coefficient (Wildman–Crippen LogP) is 3.14. The Morgan fingerprint density at radius 2 is 1.62 bits per heavy atom. The number of halogens is 1. The van der Waals surface area contributed by atoms with Gasteiger partial charge in [0.25, 0.3) is 11.8 Å². The third-order valence-corrected chi connectivity index (χ3v) is 3.72. The molecule has 0 spiro atoms. The van der Waals surface area contributed by atoms with Crippen molar-refractivity contribution in [3.63, 3.8) is 0 Å². The minimum atomic E-state index is -0.527. The monoisotopic (exact) mass is 346 g/mol. The van der Waals surface area contributed by atoms with Crippen LogP contribution in [0.5, 0.6) is 0 Å². The molecule has 0 aliphatic rings.